The van der Waals surface area contributed by atoms with E-state index < -0.39 is 23.3 Å². The molecule has 0 N–H and O–H groups in total. The third kappa shape index (κ3) is 2.31. The molecule has 0 aliphatic heterocycles. The van der Waals surface area contributed by atoms with E-state index in [9.17, 15) is 18.0 Å². The van der Waals surface area contributed by atoms with Crippen LogP contribution in [0.4, 0.5) is 13.2 Å². The quantitative estimate of drug-likeness (QED) is 0.722. The molecule has 0 saturated heterocycles. The fourth-order valence-electron chi connectivity index (χ4n) is 1.12. The number of aryl methyl sites for hydroxylation is 1. The van der Waals surface area contributed by atoms with Gasteiger partial charge in [0, 0.05) is 0 Å². The smallest absolute Gasteiger partial charge is 0.420 e. The van der Waals surface area contributed by atoms with Crippen molar-refractivity contribution >= 4 is 5.97 Å². The van der Waals surface area contributed by atoms with Crippen molar-refractivity contribution in [2.45, 2.75) is 20.0 Å². The number of hydrogen-bond acceptors (Lipinski definition) is 3. The van der Waals surface area contributed by atoms with Gasteiger partial charge in [-0.05, 0) is 13.8 Å². The molecule has 0 aliphatic rings. The Kier molecular flexibility index (Phi) is 3.06. The maximum absolute atomic E-state index is 12.4. The lowest BCUT2D eigenvalue weighted by molar-refractivity contribution is -0.138. The van der Waals surface area contributed by atoms with Gasteiger partial charge in [0.15, 0.2) is 0 Å². The average molecular weight is 222 g/mol. The van der Waals surface area contributed by atoms with E-state index in [0.717, 1.165) is 0 Å². The van der Waals surface area contributed by atoms with Crippen LogP contribution in [0.1, 0.15) is 28.6 Å². The lowest BCUT2D eigenvalue weighted by atomic mass is 10.1. The molecule has 0 bridgehead atoms. The molecule has 15 heavy (non-hydrogen) atoms. The van der Waals surface area contributed by atoms with E-state index in [1.807, 2.05) is 0 Å². The minimum absolute atomic E-state index is 0.0146. The molecule has 3 nitrogen and oxygen atoms in total. The topological polar surface area (TPSA) is 39.4 Å². The largest absolute Gasteiger partial charge is 0.468 e. The Morgan fingerprint density at radius 1 is 1.53 bits per heavy atom. The Morgan fingerprint density at radius 3 is 2.60 bits per heavy atom. The zero-order valence-corrected chi connectivity index (χ0v) is 8.14. The van der Waals surface area contributed by atoms with Crippen molar-refractivity contribution in [3.63, 3.8) is 0 Å². The first kappa shape index (κ1) is 11.6. The highest BCUT2D eigenvalue weighted by Crippen LogP contribution is 2.34. The first-order valence-corrected chi connectivity index (χ1v) is 4.20. The molecule has 0 radical (unpaired) electrons. The molecule has 0 aliphatic carbocycles. The highest BCUT2D eigenvalue weighted by Gasteiger charge is 2.39. The van der Waals surface area contributed by atoms with E-state index in [-0.39, 0.29) is 12.4 Å². The molecule has 0 amide bonds. The number of esters is 1. The number of furan rings is 1. The second-order valence-electron chi connectivity index (χ2n) is 2.80. The van der Waals surface area contributed by atoms with Crippen molar-refractivity contribution in [1.29, 1.82) is 0 Å². The van der Waals surface area contributed by atoms with Crippen molar-refractivity contribution in [2.24, 2.45) is 0 Å². The zero-order valence-electron chi connectivity index (χ0n) is 8.14. The van der Waals surface area contributed by atoms with Crippen LogP contribution in [0.15, 0.2) is 10.7 Å². The van der Waals surface area contributed by atoms with Crippen LogP contribution in [0, 0.1) is 6.92 Å². The molecule has 0 unspecified atom stereocenters. The third-order valence-electron chi connectivity index (χ3n) is 1.76. The number of carbonyl (C=O) groups excluding carboxylic acids is 1. The van der Waals surface area contributed by atoms with Crippen molar-refractivity contribution in [1.82, 2.24) is 0 Å². The van der Waals surface area contributed by atoms with Crippen LogP contribution in [-0.4, -0.2) is 12.6 Å². The van der Waals surface area contributed by atoms with E-state index in [0.29, 0.717) is 6.26 Å². The van der Waals surface area contributed by atoms with Crippen molar-refractivity contribution in [3.05, 3.63) is 23.2 Å². The van der Waals surface area contributed by atoms with E-state index in [1.165, 1.54) is 13.8 Å². The van der Waals surface area contributed by atoms with Crippen LogP contribution in [-0.2, 0) is 10.9 Å². The Labute approximate surface area is 83.8 Å². The number of alkyl halides is 3. The van der Waals surface area contributed by atoms with Gasteiger partial charge in [-0.2, -0.15) is 13.2 Å². The number of carbonyl (C=O) groups is 1. The van der Waals surface area contributed by atoms with Crippen LogP contribution < -0.4 is 0 Å². The number of ether oxygens (including phenoxy) is 1. The molecule has 6 heteroatoms. The molecular formula is C9H9F3O3. The lowest BCUT2D eigenvalue weighted by Gasteiger charge is -2.06. The Morgan fingerprint density at radius 2 is 2.13 bits per heavy atom. The van der Waals surface area contributed by atoms with E-state index >= 15 is 0 Å². The van der Waals surface area contributed by atoms with Crippen molar-refractivity contribution in [3.8, 4) is 0 Å². The van der Waals surface area contributed by atoms with Crippen LogP contribution in [0.3, 0.4) is 0 Å². The van der Waals surface area contributed by atoms with Crippen LogP contribution in [0.25, 0.3) is 0 Å². The molecule has 0 spiro atoms. The first-order chi connectivity index (χ1) is 6.88. The number of rotatable bonds is 2. The van der Waals surface area contributed by atoms with Crippen LogP contribution >= 0.6 is 0 Å². The average Bonchev–Trinajstić information content (AvgIpc) is 2.46. The first-order valence-electron chi connectivity index (χ1n) is 4.20. The maximum atomic E-state index is 12.4. The van der Waals surface area contributed by atoms with Gasteiger partial charge < -0.3 is 9.15 Å². The molecule has 1 rings (SSSR count). The highest BCUT2D eigenvalue weighted by atomic mass is 19.4. The summed E-state index contributed by atoms with van der Waals surface area (Å²) in [5, 5.41) is 0. The van der Waals surface area contributed by atoms with Gasteiger partial charge in [0.05, 0.1) is 6.61 Å². The minimum Gasteiger partial charge on any atom is -0.468 e. The summed E-state index contributed by atoms with van der Waals surface area (Å²) >= 11 is 0. The number of halogens is 3. The zero-order chi connectivity index (χ0) is 11.6. The van der Waals surface area contributed by atoms with Crippen molar-refractivity contribution in [2.75, 3.05) is 6.61 Å². The van der Waals surface area contributed by atoms with Gasteiger partial charge in [-0.25, -0.2) is 4.79 Å². The predicted molar refractivity (Wildman–Crippen MR) is 44.4 cm³/mol. The molecule has 84 valence electrons. The molecule has 0 fully saturated rings. The fourth-order valence-corrected chi connectivity index (χ4v) is 1.12. The predicted octanol–water partition coefficient (Wildman–Crippen LogP) is 2.78. The van der Waals surface area contributed by atoms with E-state index in [4.69, 9.17) is 0 Å². The van der Waals surface area contributed by atoms with Gasteiger partial charge >= 0.3 is 12.1 Å². The van der Waals surface area contributed by atoms with Gasteiger partial charge in [-0.15, -0.1) is 0 Å². The summed E-state index contributed by atoms with van der Waals surface area (Å²) in [4.78, 5) is 11.2. The van der Waals surface area contributed by atoms with Crippen molar-refractivity contribution < 1.29 is 27.1 Å². The Balaban J connectivity index is 3.16. The monoisotopic (exact) mass is 222 g/mol. The van der Waals surface area contributed by atoms with Gasteiger partial charge in [-0.3, -0.25) is 0 Å². The molecule has 0 saturated carbocycles. The van der Waals surface area contributed by atoms with Crippen LogP contribution in [0.2, 0.25) is 0 Å². The second-order valence-corrected chi connectivity index (χ2v) is 2.80. The summed E-state index contributed by atoms with van der Waals surface area (Å²) < 4.78 is 46.3. The number of hydrogen-bond donors (Lipinski definition) is 0. The molecule has 1 heterocycles. The summed E-state index contributed by atoms with van der Waals surface area (Å²) in [6, 6.07) is 0. The van der Waals surface area contributed by atoms with Gasteiger partial charge in [-0.1, -0.05) is 0 Å². The van der Waals surface area contributed by atoms with E-state index in [1.54, 1.807) is 0 Å². The van der Waals surface area contributed by atoms with Crippen LogP contribution in [0.5, 0.6) is 0 Å². The summed E-state index contributed by atoms with van der Waals surface area (Å²) in [6.07, 6.45) is -4.10. The summed E-state index contributed by atoms with van der Waals surface area (Å²) in [7, 11) is 0. The normalized spacial score (nSPS) is 11.5. The van der Waals surface area contributed by atoms with Gasteiger partial charge in [0.2, 0.25) is 0 Å². The fraction of sp³-hybridized carbons (Fsp3) is 0.444. The van der Waals surface area contributed by atoms with E-state index in [2.05, 4.69) is 9.15 Å². The maximum Gasteiger partial charge on any atom is 0.420 e. The molecule has 1 aromatic heterocycles. The summed E-state index contributed by atoms with van der Waals surface area (Å²) in [5.41, 5.74) is -1.65. The molecule has 0 atom stereocenters. The Hall–Kier alpha value is -1.46. The molecule has 1 aromatic rings. The highest BCUT2D eigenvalue weighted by molar-refractivity contribution is 5.92. The lowest BCUT2D eigenvalue weighted by Crippen LogP contribution is -2.13. The summed E-state index contributed by atoms with van der Waals surface area (Å²) in [6.45, 7) is 2.81. The second kappa shape index (κ2) is 3.96. The molecule has 0 aromatic carbocycles. The standard InChI is InChI=1S/C9H9F3O3/c1-3-14-8(13)7-5(2)15-4-6(7)9(10,11)12/h4H,3H2,1-2H3. The van der Waals surface area contributed by atoms with Gasteiger partial charge in [0.1, 0.15) is 23.2 Å². The minimum atomic E-state index is -4.61. The molecular weight excluding hydrogens is 213 g/mol. The van der Waals surface area contributed by atoms with Gasteiger partial charge in [0.25, 0.3) is 0 Å². The SMILES string of the molecule is CCOC(=O)c1c(C(F)(F)F)coc1C. The summed E-state index contributed by atoms with van der Waals surface area (Å²) in [5.74, 6) is -1.11. The third-order valence-corrected chi connectivity index (χ3v) is 1.76. The Bertz CT molecular complexity index is 365.